The van der Waals surface area contributed by atoms with Crippen LogP contribution in [0.4, 0.5) is 10.8 Å². The average Bonchev–Trinajstić information content (AvgIpc) is 3.14. The molecule has 3 aromatic rings. The number of hydrogen-bond donors (Lipinski definition) is 1. The van der Waals surface area contributed by atoms with Crippen LogP contribution in [0, 0.1) is 0 Å². The van der Waals surface area contributed by atoms with Crippen LogP contribution < -0.4 is 9.62 Å². The van der Waals surface area contributed by atoms with Crippen molar-refractivity contribution in [3.8, 4) is 10.6 Å². The van der Waals surface area contributed by atoms with E-state index in [-0.39, 0.29) is 0 Å². The van der Waals surface area contributed by atoms with Gasteiger partial charge in [0, 0.05) is 5.56 Å². The molecule has 0 bridgehead atoms. The molecule has 1 atom stereocenters. The zero-order valence-electron chi connectivity index (χ0n) is 15.4. The number of carbonyl (C=O) groups is 1. The van der Waals surface area contributed by atoms with E-state index in [1.54, 1.807) is 37.3 Å². The molecule has 3 rings (SSSR count). The number of para-hydroxylation sites is 1. The zero-order chi connectivity index (χ0) is 20.1. The van der Waals surface area contributed by atoms with Crippen molar-refractivity contribution in [2.45, 2.75) is 19.4 Å². The van der Waals surface area contributed by atoms with E-state index in [0.29, 0.717) is 22.2 Å². The van der Waals surface area contributed by atoms with Gasteiger partial charge in [0.2, 0.25) is 21.1 Å². The first kappa shape index (κ1) is 20.0. The summed E-state index contributed by atoms with van der Waals surface area (Å²) in [6.07, 6.45) is 1.40. The summed E-state index contributed by atoms with van der Waals surface area (Å²) in [4.78, 5) is 12.9. The quantitative estimate of drug-likeness (QED) is 0.637. The van der Waals surface area contributed by atoms with Crippen LogP contribution in [0.1, 0.15) is 13.3 Å². The van der Waals surface area contributed by atoms with E-state index >= 15 is 0 Å². The average molecular weight is 417 g/mol. The number of nitrogens with zero attached hydrogens (tertiary/aromatic N) is 3. The van der Waals surface area contributed by atoms with Gasteiger partial charge in [-0.25, -0.2) is 8.42 Å². The summed E-state index contributed by atoms with van der Waals surface area (Å²) in [5.41, 5.74) is 1.34. The standard InChI is InChI=1S/C19H20N4O3S2/c1-3-16(23(28(2,25)26)15-12-8-5-9-13-15)17(24)20-19-22-21-18(27-19)14-10-6-4-7-11-14/h4-13,16H,3H2,1-2H3,(H,20,22,24). The summed E-state index contributed by atoms with van der Waals surface area (Å²) >= 11 is 1.24. The largest absolute Gasteiger partial charge is 0.299 e. The summed E-state index contributed by atoms with van der Waals surface area (Å²) in [6, 6.07) is 17.2. The van der Waals surface area contributed by atoms with Gasteiger partial charge < -0.3 is 0 Å². The molecule has 1 amide bonds. The van der Waals surface area contributed by atoms with Gasteiger partial charge in [0.25, 0.3) is 0 Å². The van der Waals surface area contributed by atoms with Crippen LogP contribution in [0.3, 0.4) is 0 Å². The monoisotopic (exact) mass is 416 g/mol. The molecule has 146 valence electrons. The second kappa shape index (κ2) is 8.49. The molecule has 0 spiro atoms. The molecule has 0 saturated carbocycles. The van der Waals surface area contributed by atoms with Crippen molar-refractivity contribution in [2.24, 2.45) is 0 Å². The van der Waals surface area contributed by atoms with Gasteiger partial charge in [0.15, 0.2) is 0 Å². The molecular weight excluding hydrogens is 396 g/mol. The number of rotatable bonds is 7. The molecule has 1 N–H and O–H groups in total. The molecule has 0 saturated heterocycles. The highest BCUT2D eigenvalue weighted by Crippen LogP contribution is 2.27. The molecule has 1 unspecified atom stereocenters. The molecule has 1 aromatic heterocycles. The van der Waals surface area contributed by atoms with Crippen LogP contribution in [-0.2, 0) is 14.8 Å². The number of hydrogen-bond acceptors (Lipinski definition) is 6. The summed E-state index contributed by atoms with van der Waals surface area (Å²) in [5.74, 6) is -0.451. The maximum atomic E-state index is 12.9. The molecule has 0 fully saturated rings. The first-order chi connectivity index (χ1) is 13.4. The van der Waals surface area contributed by atoms with Gasteiger partial charge in [-0.3, -0.25) is 14.4 Å². The Hall–Kier alpha value is -2.78. The van der Waals surface area contributed by atoms with Gasteiger partial charge in [0.1, 0.15) is 11.0 Å². The number of nitrogens with one attached hydrogen (secondary N) is 1. The molecule has 2 aromatic carbocycles. The molecule has 0 aliphatic heterocycles. The fourth-order valence-electron chi connectivity index (χ4n) is 2.80. The molecule has 0 aliphatic carbocycles. The van der Waals surface area contributed by atoms with Gasteiger partial charge in [-0.15, -0.1) is 10.2 Å². The molecule has 1 heterocycles. The predicted molar refractivity (Wildman–Crippen MR) is 112 cm³/mol. The Morgan fingerprint density at radius 1 is 1.07 bits per heavy atom. The van der Waals surface area contributed by atoms with Gasteiger partial charge in [-0.05, 0) is 18.6 Å². The van der Waals surface area contributed by atoms with Crippen molar-refractivity contribution in [3.63, 3.8) is 0 Å². The second-order valence-corrected chi connectivity index (χ2v) is 8.92. The summed E-state index contributed by atoms with van der Waals surface area (Å²) in [5, 5.41) is 11.8. The molecule has 0 aliphatic rings. The van der Waals surface area contributed by atoms with E-state index in [0.717, 1.165) is 16.1 Å². The third-order valence-electron chi connectivity index (χ3n) is 4.02. The minimum absolute atomic E-state index is 0.304. The second-order valence-electron chi connectivity index (χ2n) is 6.09. The lowest BCUT2D eigenvalue weighted by molar-refractivity contribution is -0.117. The predicted octanol–water partition coefficient (Wildman–Crippen LogP) is 3.39. The highest BCUT2D eigenvalue weighted by molar-refractivity contribution is 7.92. The summed E-state index contributed by atoms with van der Waals surface area (Å²) in [6.45, 7) is 1.76. The van der Waals surface area contributed by atoms with Gasteiger partial charge in [-0.2, -0.15) is 0 Å². The van der Waals surface area contributed by atoms with Crippen LogP contribution in [0.25, 0.3) is 10.6 Å². The maximum Gasteiger partial charge on any atom is 0.250 e. The van der Waals surface area contributed by atoms with Crippen molar-refractivity contribution in [1.29, 1.82) is 0 Å². The minimum atomic E-state index is -3.66. The first-order valence-corrected chi connectivity index (χ1v) is 11.3. The Kier molecular flexibility index (Phi) is 6.05. The highest BCUT2D eigenvalue weighted by atomic mass is 32.2. The summed E-state index contributed by atoms with van der Waals surface area (Å²) < 4.78 is 25.9. The Balaban J connectivity index is 1.84. The lowest BCUT2D eigenvalue weighted by Crippen LogP contribution is -2.46. The topological polar surface area (TPSA) is 92.3 Å². The fraction of sp³-hybridized carbons (Fsp3) is 0.211. The highest BCUT2D eigenvalue weighted by Gasteiger charge is 2.31. The Morgan fingerprint density at radius 3 is 2.25 bits per heavy atom. The van der Waals surface area contributed by atoms with Gasteiger partial charge in [-0.1, -0.05) is 66.8 Å². The zero-order valence-corrected chi connectivity index (χ0v) is 17.1. The number of amides is 1. The third kappa shape index (κ3) is 4.55. The van der Waals surface area contributed by atoms with Crippen molar-refractivity contribution in [2.75, 3.05) is 15.9 Å². The fourth-order valence-corrected chi connectivity index (χ4v) is 4.76. The smallest absolute Gasteiger partial charge is 0.250 e. The van der Waals surface area contributed by atoms with Crippen LogP contribution in [-0.4, -0.2) is 36.8 Å². The third-order valence-corrected chi connectivity index (χ3v) is 6.08. The molecule has 9 heteroatoms. The Morgan fingerprint density at radius 2 is 1.68 bits per heavy atom. The van der Waals surface area contributed by atoms with E-state index in [1.165, 1.54) is 11.3 Å². The summed E-state index contributed by atoms with van der Waals surface area (Å²) in [7, 11) is -3.66. The number of sulfonamides is 1. The lowest BCUT2D eigenvalue weighted by atomic mass is 10.2. The Labute approximate surface area is 168 Å². The normalized spacial score (nSPS) is 12.4. The van der Waals surface area contributed by atoms with E-state index in [4.69, 9.17) is 0 Å². The van der Waals surface area contributed by atoms with Crippen molar-refractivity contribution in [3.05, 3.63) is 60.7 Å². The van der Waals surface area contributed by atoms with Crippen LogP contribution in [0.15, 0.2) is 60.7 Å². The molecule has 7 nitrogen and oxygen atoms in total. The molecule has 28 heavy (non-hydrogen) atoms. The molecule has 0 radical (unpaired) electrons. The van der Waals surface area contributed by atoms with Crippen molar-refractivity contribution < 1.29 is 13.2 Å². The SMILES string of the molecule is CCC(C(=O)Nc1nnc(-c2ccccc2)s1)N(c1ccccc1)S(C)(=O)=O. The van der Waals surface area contributed by atoms with Gasteiger partial charge >= 0.3 is 0 Å². The lowest BCUT2D eigenvalue weighted by Gasteiger charge is -2.29. The number of aromatic nitrogens is 2. The van der Waals surface area contributed by atoms with E-state index in [1.807, 2.05) is 30.3 Å². The van der Waals surface area contributed by atoms with E-state index in [9.17, 15) is 13.2 Å². The Bertz CT molecular complexity index is 1040. The van der Waals surface area contributed by atoms with E-state index in [2.05, 4.69) is 15.5 Å². The van der Waals surface area contributed by atoms with Crippen molar-refractivity contribution >= 4 is 38.1 Å². The number of anilines is 2. The van der Waals surface area contributed by atoms with Crippen LogP contribution in [0.5, 0.6) is 0 Å². The minimum Gasteiger partial charge on any atom is -0.299 e. The first-order valence-electron chi connectivity index (χ1n) is 8.64. The van der Waals surface area contributed by atoms with Crippen molar-refractivity contribution in [1.82, 2.24) is 10.2 Å². The molecular formula is C19H20N4O3S2. The maximum absolute atomic E-state index is 12.9. The number of benzene rings is 2. The van der Waals surface area contributed by atoms with E-state index < -0.39 is 22.0 Å². The van der Waals surface area contributed by atoms with Gasteiger partial charge in [0.05, 0.1) is 11.9 Å². The van der Waals surface area contributed by atoms with Crippen LogP contribution in [0.2, 0.25) is 0 Å². The number of carbonyl (C=O) groups excluding carboxylic acids is 1. The van der Waals surface area contributed by atoms with Crippen LogP contribution >= 0.6 is 11.3 Å².